The number of amides is 2. The average Bonchev–Trinajstić information content (AvgIpc) is 3.36. The molecule has 0 bridgehead atoms. The smallest absolute Gasteiger partial charge is 0.267 e. The van der Waals surface area contributed by atoms with Gasteiger partial charge in [-0.25, -0.2) is 15.0 Å². The highest BCUT2D eigenvalue weighted by molar-refractivity contribution is 5.91. The van der Waals surface area contributed by atoms with E-state index in [2.05, 4.69) is 9.97 Å². The van der Waals surface area contributed by atoms with E-state index in [0.29, 0.717) is 38.4 Å². The van der Waals surface area contributed by atoms with Gasteiger partial charge in [0.05, 0.1) is 12.9 Å². The SMILES string of the molecule is Cc1coc(C2CCON2C(=O)C2CCN(c3cc(C(N)=O)ncn3)CC2)c1. The molecule has 0 aliphatic carbocycles. The van der Waals surface area contributed by atoms with Gasteiger partial charge in [-0.15, -0.1) is 0 Å². The molecule has 4 rings (SSSR count). The van der Waals surface area contributed by atoms with Crippen LogP contribution in [0.25, 0.3) is 0 Å². The highest BCUT2D eigenvalue weighted by atomic mass is 16.7. The van der Waals surface area contributed by atoms with E-state index in [9.17, 15) is 9.59 Å². The molecule has 0 spiro atoms. The number of carbonyl (C=O) groups excluding carboxylic acids is 2. The Labute approximate surface area is 162 Å². The fourth-order valence-electron chi connectivity index (χ4n) is 3.76. The number of piperidine rings is 1. The van der Waals surface area contributed by atoms with Gasteiger partial charge >= 0.3 is 0 Å². The van der Waals surface area contributed by atoms with Crippen molar-refractivity contribution in [1.82, 2.24) is 15.0 Å². The van der Waals surface area contributed by atoms with Crippen LogP contribution in [0.3, 0.4) is 0 Å². The number of carbonyl (C=O) groups is 2. The number of aromatic nitrogens is 2. The number of furan rings is 1. The summed E-state index contributed by atoms with van der Waals surface area (Å²) in [6.07, 6.45) is 5.11. The van der Waals surface area contributed by atoms with E-state index >= 15 is 0 Å². The fourth-order valence-corrected chi connectivity index (χ4v) is 3.76. The van der Waals surface area contributed by atoms with Crippen LogP contribution in [0.5, 0.6) is 0 Å². The van der Waals surface area contributed by atoms with Gasteiger partial charge in [0.15, 0.2) is 0 Å². The Bertz CT molecular complexity index is 875. The Hall–Kier alpha value is -2.94. The maximum absolute atomic E-state index is 13.0. The maximum Gasteiger partial charge on any atom is 0.267 e. The predicted molar refractivity (Wildman–Crippen MR) is 99.1 cm³/mol. The van der Waals surface area contributed by atoms with Crippen molar-refractivity contribution in [3.8, 4) is 0 Å². The lowest BCUT2D eigenvalue weighted by Crippen LogP contribution is -2.42. The number of primary amides is 1. The van der Waals surface area contributed by atoms with Gasteiger partial charge < -0.3 is 15.1 Å². The van der Waals surface area contributed by atoms with Gasteiger partial charge in [-0.1, -0.05) is 0 Å². The fraction of sp³-hybridized carbons (Fsp3) is 0.474. The topological polar surface area (TPSA) is 115 Å². The Morgan fingerprint density at radius 2 is 1.96 bits per heavy atom. The van der Waals surface area contributed by atoms with E-state index in [0.717, 1.165) is 17.7 Å². The summed E-state index contributed by atoms with van der Waals surface area (Å²) >= 11 is 0. The number of hydrogen-bond acceptors (Lipinski definition) is 7. The molecule has 2 fully saturated rings. The summed E-state index contributed by atoms with van der Waals surface area (Å²) in [5.74, 6) is 0.706. The minimum absolute atomic E-state index is 0.00304. The molecule has 0 radical (unpaired) electrons. The van der Waals surface area contributed by atoms with Crippen LogP contribution in [-0.2, 0) is 9.63 Å². The lowest BCUT2D eigenvalue weighted by atomic mass is 9.95. The summed E-state index contributed by atoms with van der Waals surface area (Å²) in [7, 11) is 0. The zero-order chi connectivity index (χ0) is 19.7. The van der Waals surface area contributed by atoms with Crippen molar-refractivity contribution in [2.75, 3.05) is 24.6 Å². The first-order valence-corrected chi connectivity index (χ1v) is 9.40. The number of rotatable bonds is 4. The summed E-state index contributed by atoms with van der Waals surface area (Å²) in [6.45, 7) is 3.78. The molecular formula is C19H23N5O4. The second kappa shape index (κ2) is 7.59. The quantitative estimate of drug-likeness (QED) is 0.850. The molecule has 2 saturated heterocycles. The molecule has 9 nitrogen and oxygen atoms in total. The highest BCUT2D eigenvalue weighted by Gasteiger charge is 2.38. The summed E-state index contributed by atoms with van der Waals surface area (Å²) in [6, 6.07) is 3.37. The van der Waals surface area contributed by atoms with Crippen molar-refractivity contribution in [2.24, 2.45) is 11.7 Å². The molecule has 4 heterocycles. The lowest BCUT2D eigenvalue weighted by molar-refractivity contribution is -0.183. The largest absolute Gasteiger partial charge is 0.467 e. The van der Waals surface area contributed by atoms with Gasteiger partial charge in [0.25, 0.3) is 5.91 Å². The van der Waals surface area contributed by atoms with Gasteiger partial charge in [-0.3, -0.25) is 14.4 Å². The Balaban J connectivity index is 1.40. The van der Waals surface area contributed by atoms with E-state index in [1.807, 2.05) is 17.9 Å². The molecule has 1 atom stereocenters. The van der Waals surface area contributed by atoms with E-state index < -0.39 is 5.91 Å². The van der Waals surface area contributed by atoms with Gasteiger partial charge in [-0.2, -0.15) is 0 Å². The van der Waals surface area contributed by atoms with Crippen molar-refractivity contribution in [3.63, 3.8) is 0 Å². The van der Waals surface area contributed by atoms with Crippen molar-refractivity contribution in [1.29, 1.82) is 0 Å². The zero-order valence-electron chi connectivity index (χ0n) is 15.7. The van der Waals surface area contributed by atoms with Crippen LogP contribution in [0.4, 0.5) is 5.82 Å². The lowest BCUT2D eigenvalue weighted by Gasteiger charge is -2.34. The third kappa shape index (κ3) is 3.57. The molecule has 2 aliphatic rings. The molecule has 9 heteroatoms. The van der Waals surface area contributed by atoms with E-state index in [1.54, 1.807) is 12.3 Å². The minimum atomic E-state index is -0.584. The maximum atomic E-state index is 13.0. The van der Waals surface area contributed by atoms with Crippen LogP contribution in [0, 0.1) is 12.8 Å². The van der Waals surface area contributed by atoms with E-state index in [-0.39, 0.29) is 23.6 Å². The first kappa shape index (κ1) is 18.4. The number of hydrogen-bond donors (Lipinski definition) is 1. The van der Waals surface area contributed by atoms with Gasteiger partial charge in [0.2, 0.25) is 5.91 Å². The normalized spacial score (nSPS) is 20.5. The Morgan fingerprint density at radius 3 is 2.64 bits per heavy atom. The summed E-state index contributed by atoms with van der Waals surface area (Å²) in [4.78, 5) is 40.1. The Kier molecular flexibility index (Phi) is 4.99. The van der Waals surface area contributed by atoms with Crippen LogP contribution in [0.15, 0.2) is 29.1 Å². The number of nitrogens with zero attached hydrogens (tertiary/aromatic N) is 4. The summed E-state index contributed by atoms with van der Waals surface area (Å²) < 4.78 is 5.59. The van der Waals surface area contributed by atoms with E-state index in [1.165, 1.54) is 11.4 Å². The van der Waals surface area contributed by atoms with Crippen molar-refractivity contribution >= 4 is 17.6 Å². The van der Waals surface area contributed by atoms with Crippen LogP contribution in [0.2, 0.25) is 0 Å². The summed E-state index contributed by atoms with van der Waals surface area (Å²) in [5, 5.41) is 1.49. The molecule has 1 unspecified atom stereocenters. The van der Waals surface area contributed by atoms with Gasteiger partial charge in [-0.05, 0) is 31.4 Å². The van der Waals surface area contributed by atoms with Gasteiger partial charge in [0, 0.05) is 31.5 Å². The number of aryl methyl sites for hydroxylation is 1. The van der Waals surface area contributed by atoms with Crippen molar-refractivity contribution in [3.05, 3.63) is 41.7 Å². The molecular weight excluding hydrogens is 362 g/mol. The molecule has 2 aromatic rings. The van der Waals surface area contributed by atoms with E-state index in [4.69, 9.17) is 15.0 Å². The molecule has 2 aliphatic heterocycles. The average molecular weight is 385 g/mol. The number of anilines is 1. The van der Waals surface area contributed by atoms with Crippen LogP contribution in [-0.4, -0.2) is 46.5 Å². The standard InChI is InChI=1S/C19H23N5O4/c1-12-8-16(27-10-12)15-4-7-28-24(15)19(26)13-2-5-23(6-3-13)17-9-14(18(20)25)21-11-22-17/h8-11,13,15H,2-7H2,1H3,(H2,20,25). The predicted octanol–water partition coefficient (Wildman–Crippen LogP) is 1.60. The molecule has 0 aromatic carbocycles. The van der Waals surface area contributed by atoms with Crippen molar-refractivity contribution < 1.29 is 18.8 Å². The zero-order valence-corrected chi connectivity index (χ0v) is 15.7. The number of nitrogens with two attached hydrogens (primary N) is 1. The third-order valence-corrected chi connectivity index (χ3v) is 5.27. The summed E-state index contributed by atoms with van der Waals surface area (Å²) in [5.41, 5.74) is 6.50. The minimum Gasteiger partial charge on any atom is -0.467 e. The Morgan fingerprint density at radius 1 is 1.18 bits per heavy atom. The van der Waals surface area contributed by atoms with Crippen LogP contribution >= 0.6 is 0 Å². The van der Waals surface area contributed by atoms with Crippen LogP contribution < -0.4 is 10.6 Å². The van der Waals surface area contributed by atoms with Crippen molar-refractivity contribution in [2.45, 2.75) is 32.2 Å². The second-order valence-electron chi connectivity index (χ2n) is 7.22. The molecule has 2 aromatic heterocycles. The molecule has 2 N–H and O–H groups in total. The first-order chi connectivity index (χ1) is 13.5. The third-order valence-electron chi connectivity index (χ3n) is 5.27. The molecule has 148 valence electrons. The monoisotopic (exact) mass is 385 g/mol. The number of hydroxylamine groups is 2. The molecule has 2 amide bonds. The molecule has 28 heavy (non-hydrogen) atoms. The van der Waals surface area contributed by atoms with Crippen LogP contribution in [0.1, 0.15) is 47.1 Å². The molecule has 0 saturated carbocycles. The highest BCUT2D eigenvalue weighted by Crippen LogP contribution is 2.34. The van der Waals surface area contributed by atoms with Gasteiger partial charge in [0.1, 0.15) is 29.6 Å². The second-order valence-corrected chi connectivity index (χ2v) is 7.22. The first-order valence-electron chi connectivity index (χ1n) is 9.40.